The summed E-state index contributed by atoms with van der Waals surface area (Å²) in [5.41, 5.74) is 0.821. The van der Waals surface area contributed by atoms with Gasteiger partial charge in [-0.05, 0) is 19.1 Å². The quantitative estimate of drug-likeness (QED) is 0.735. The molecule has 0 N–H and O–H groups in total. The van der Waals surface area contributed by atoms with Gasteiger partial charge < -0.3 is 0 Å². The summed E-state index contributed by atoms with van der Waals surface area (Å²) in [5, 5.41) is 0. The Kier molecular flexibility index (Phi) is 3.14. The Balaban J connectivity index is 3.13. The topological polar surface area (TPSA) is 17.1 Å². The molecule has 1 nitrogen and oxygen atoms in total. The second-order valence-electron chi connectivity index (χ2n) is 2.65. The Morgan fingerprint density at radius 1 is 1.46 bits per heavy atom. The van der Waals surface area contributed by atoms with Crippen LogP contribution in [0.15, 0.2) is 22.7 Å². The minimum Gasteiger partial charge on any atom is -0.288 e. The van der Waals surface area contributed by atoms with Gasteiger partial charge in [0.2, 0.25) is 5.78 Å². The average Bonchev–Trinajstić information content (AvgIpc) is 2.08. The molecule has 0 unspecified atom stereocenters. The Morgan fingerprint density at radius 3 is 2.62 bits per heavy atom. The molecule has 0 aromatic heterocycles. The normalized spacial score (nSPS) is 10.5. The molecular formula is C9H7BrF2O. The highest BCUT2D eigenvalue weighted by Gasteiger charge is 2.19. The minimum absolute atomic E-state index is 0.0370. The van der Waals surface area contributed by atoms with Crippen molar-refractivity contribution in [2.45, 2.75) is 13.3 Å². The summed E-state index contributed by atoms with van der Waals surface area (Å²) in [6, 6.07) is 4.77. The number of halogens is 3. The molecule has 0 bridgehead atoms. The van der Waals surface area contributed by atoms with Crippen LogP contribution in [0.4, 0.5) is 8.78 Å². The van der Waals surface area contributed by atoms with E-state index in [2.05, 4.69) is 15.9 Å². The van der Waals surface area contributed by atoms with E-state index in [1.54, 1.807) is 19.1 Å². The first-order valence-electron chi connectivity index (χ1n) is 3.61. The summed E-state index contributed by atoms with van der Waals surface area (Å²) >= 11 is 3.05. The fourth-order valence-electron chi connectivity index (χ4n) is 0.945. The Hall–Kier alpha value is -0.770. The van der Waals surface area contributed by atoms with Gasteiger partial charge in [-0.25, -0.2) is 8.78 Å². The molecule has 0 fully saturated rings. The maximum atomic E-state index is 12.1. The fourth-order valence-corrected chi connectivity index (χ4v) is 1.39. The largest absolute Gasteiger partial charge is 0.300 e. The minimum atomic E-state index is -2.95. The maximum absolute atomic E-state index is 12.1. The standard InChI is InChI=1S/C9H7BrF2O/c1-5-2-3-7(10)6(4-5)8(13)9(11)12/h2-4,9H,1H3. The lowest BCUT2D eigenvalue weighted by molar-refractivity contribution is 0.0678. The van der Waals surface area contributed by atoms with Crippen molar-refractivity contribution >= 4 is 21.7 Å². The van der Waals surface area contributed by atoms with Gasteiger partial charge in [-0.3, -0.25) is 4.79 Å². The highest BCUT2D eigenvalue weighted by Crippen LogP contribution is 2.20. The van der Waals surface area contributed by atoms with Crippen molar-refractivity contribution in [2.75, 3.05) is 0 Å². The molecule has 0 atom stereocenters. The van der Waals surface area contributed by atoms with E-state index in [1.807, 2.05) is 0 Å². The van der Waals surface area contributed by atoms with Crippen LogP contribution >= 0.6 is 15.9 Å². The predicted molar refractivity (Wildman–Crippen MR) is 49.2 cm³/mol. The lowest BCUT2D eigenvalue weighted by Gasteiger charge is -2.03. The summed E-state index contributed by atoms with van der Waals surface area (Å²) in [6.07, 6.45) is -2.95. The third-order valence-electron chi connectivity index (χ3n) is 1.59. The number of ketones is 1. The first-order valence-corrected chi connectivity index (χ1v) is 4.40. The first-order chi connectivity index (χ1) is 6.02. The van der Waals surface area contributed by atoms with Crippen LogP contribution in [-0.4, -0.2) is 12.2 Å². The van der Waals surface area contributed by atoms with Gasteiger partial charge in [-0.2, -0.15) is 0 Å². The molecule has 70 valence electrons. The molecule has 0 aliphatic rings. The van der Waals surface area contributed by atoms with Crippen LogP contribution in [-0.2, 0) is 0 Å². The van der Waals surface area contributed by atoms with E-state index < -0.39 is 12.2 Å². The number of Topliss-reactive ketones (excluding diaryl/α,β-unsaturated/α-hetero) is 1. The molecule has 0 aliphatic heterocycles. The van der Waals surface area contributed by atoms with Crippen molar-refractivity contribution in [3.05, 3.63) is 33.8 Å². The SMILES string of the molecule is Cc1ccc(Br)c(C(=O)C(F)F)c1. The molecule has 0 spiro atoms. The third-order valence-corrected chi connectivity index (χ3v) is 2.28. The molecule has 13 heavy (non-hydrogen) atoms. The molecule has 1 aromatic rings. The van der Waals surface area contributed by atoms with E-state index in [0.29, 0.717) is 4.47 Å². The van der Waals surface area contributed by atoms with E-state index in [0.717, 1.165) is 5.56 Å². The highest BCUT2D eigenvalue weighted by atomic mass is 79.9. The highest BCUT2D eigenvalue weighted by molar-refractivity contribution is 9.10. The van der Waals surface area contributed by atoms with Crippen LogP contribution in [0.3, 0.4) is 0 Å². The van der Waals surface area contributed by atoms with Crippen LogP contribution in [0, 0.1) is 6.92 Å². The molecule has 0 heterocycles. The smallest absolute Gasteiger partial charge is 0.288 e. The summed E-state index contributed by atoms with van der Waals surface area (Å²) < 4.78 is 24.5. The number of aryl methyl sites for hydroxylation is 1. The van der Waals surface area contributed by atoms with E-state index >= 15 is 0 Å². The van der Waals surface area contributed by atoms with Gasteiger partial charge >= 0.3 is 6.43 Å². The lowest BCUT2D eigenvalue weighted by Crippen LogP contribution is -2.10. The van der Waals surface area contributed by atoms with E-state index in [9.17, 15) is 13.6 Å². The summed E-state index contributed by atoms with van der Waals surface area (Å²) in [6.45, 7) is 1.74. The average molecular weight is 249 g/mol. The van der Waals surface area contributed by atoms with Crippen molar-refractivity contribution in [2.24, 2.45) is 0 Å². The Labute approximate surface area is 82.9 Å². The van der Waals surface area contributed by atoms with Gasteiger partial charge in [-0.1, -0.05) is 27.6 Å². The van der Waals surface area contributed by atoms with E-state index in [-0.39, 0.29) is 5.56 Å². The number of hydrogen-bond acceptors (Lipinski definition) is 1. The van der Waals surface area contributed by atoms with E-state index in [1.165, 1.54) is 6.07 Å². The van der Waals surface area contributed by atoms with Crippen LogP contribution in [0.5, 0.6) is 0 Å². The summed E-state index contributed by atoms with van der Waals surface area (Å²) in [5.74, 6) is -1.14. The molecule has 0 saturated carbocycles. The maximum Gasteiger partial charge on any atom is 0.300 e. The second-order valence-corrected chi connectivity index (χ2v) is 3.50. The van der Waals surface area contributed by atoms with Gasteiger partial charge in [0.25, 0.3) is 0 Å². The molecule has 0 radical (unpaired) electrons. The first kappa shape index (κ1) is 10.3. The number of benzene rings is 1. The predicted octanol–water partition coefficient (Wildman–Crippen LogP) is 3.21. The van der Waals surface area contributed by atoms with Crippen molar-refractivity contribution in [1.29, 1.82) is 0 Å². The van der Waals surface area contributed by atoms with Crippen molar-refractivity contribution < 1.29 is 13.6 Å². The number of alkyl halides is 2. The molecule has 1 aromatic carbocycles. The number of hydrogen-bond donors (Lipinski definition) is 0. The third kappa shape index (κ3) is 2.34. The fraction of sp³-hybridized carbons (Fsp3) is 0.222. The van der Waals surface area contributed by atoms with Crippen molar-refractivity contribution in [1.82, 2.24) is 0 Å². The summed E-state index contributed by atoms with van der Waals surface area (Å²) in [7, 11) is 0. The summed E-state index contributed by atoms with van der Waals surface area (Å²) in [4.78, 5) is 10.9. The van der Waals surface area contributed by atoms with Crippen LogP contribution in [0.2, 0.25) is 0 Å². The Bertz CT molecular complexity index is 336. The zero-order valence-electron chi connectivity index (χ0n) is 6.85. The van der Waals surface area contributed by atoms with Crippen LogP contribution in [0.1, 0.15) is 15.9 Å². The van der Waals surface area contributed by atoms with Crippen molar-refractivity contribution in [3.8, 4) is 0 Å². The van der Waals surface area contributed by atoms with Crippen molar-refractivity contribution in [3.63, 3.8) is 0 Å². The monoisotopic (exact) mass is 248 g/mol. The number of carbonyl (C=O) groups is 1. The Morgan fingerprint density at radius 2 is 2.08 bits per heavy atom. The molecule has 0 aliphatic carbocycles. The van der Waals surface area contributed by atoms with Crippen LogP contribution < -0.4 is 0 Å². The van der Waals surface area contributed by atoms with Gasteiger partial charge in [-0.15, -0.1) is 0 Å². The van der Waals surface area contributed by atoms with E-state index in [4.69, 9.17) is 0 Å². The number of rotatable bonds is 2. The second kappa shape index (κ2) is 3.96. The number of carbonyl (C=O) groups excluding carboxylic acids is 1. The zero-order chi connectivity index (χ0) is 10.0. The molecular weight excluding hydrogens is 242 g/mol. The van der Waals surface area contributed by atoms with Crippen LogP contribution in [0.25, 0.3) is 0 Å². The molecule has 0 amide bonds. The van der Waals surface area contributed by atoms with Gasteiger partial charge in [0, 0.05) is 10.0 Å². The van der Waals surface area contributed by atoms with Gasteiger partial charge in [0.1, 0.15) is 0 Å². The molecule has 1 rings (SSSR count). The van der Waals surface area contributed by atoms with Gasteiger partial charge in [0.05, 0.1) is 0 Å². The zero-order valence-corrected chi connectivity index (χ0v) is 8.44. The van der Waals surface area contributed by atoms with Gasteiger partial charge in [0.15, 0.2) is 0 Å². The molecule has 4 heteroatoms. The lowest BCUT2D eigenvalue weighted by atomic mass is 10.1. The molecule has 0 saturated heterocycles.